The summed E-state index contributed by atoms with van der Waals surface area (Å²) in [6, 6.07) is 7.93. The summed E-state index contributed by atoms with van der Waals surface area (Å²) in [7, 11) is 0. The molecule has 1 aromatic carbocycles. The molecule has 0 aliphatic carbocycles. The van der Waals surface area contributed by atoms with Crippen LogP contribution < -0.4 is 5.73 Å². The van der Waals surface area contributed by atoms with E-state index >= 15 is 0 Å². The number of benzene rings is 1. The van der Waals surface area contributed by atoms with E-state index < -0.39 is 0 Å². The number of amides is 1. The first-order valence-electron chi connectivity index (χ1n) is 7.94. The molecule has 1 aliphatic heterocycles. The Labute approximate surface area is 138 Å². The van der Waals surface area contributed by atoms with Crippen LogP contribution in [0.15, 0.2) is 24.3 Å². The monoisotopic (exact) mass is 323 g/mol. The van der Waals surface area contributed by atoms with Crippen molar-refractivity contribution in [1.29, 1.82) is 0 Å². The first-order valence-corrected chi connectivity index (χ1v) is 8.32. The van der Waals surface area contributed by atoms with Crippen molar-refractivity contribution in [2.75, 3.05) is 26.2 Å². The van der Waals surface area contributed by atoms with Crippen molar-refractivity contribution in [2.45, 2.75) is 32.9 Å². The Kier molecular flexibility index (Phi) is 5.84. The molecular weight excluding hydrogens is 298 g/mol. The van der Waals surface area contributed by atoms with Gasteiger partial charge in [0, 0.05) is 37.2 Å². The molecular formula is C17H26ClN3O. The highest BCUT2D eigenvalue weighted by molar-refractivity contribution is 6.30. The standard InChI is InChI=1S/C17H26ClN3O/c1-12(2)16(19)17(22)21-10-8-20(9-11-21)13(3)14-4-6-15(18)7-5-14/h4-7,12-13,16H,8-11,19H2,1-3H3/t13?,16-/m0/s1. The van der Waals surface area contributed by atoms with Crippen molar-refractivity contribution in [3.63, 3.8) is 0 Å². The Bertz CT molecular complexity index is 495. The fraction of sp³-hybridized carbons (Fsp3) is 0.588. The van der Waals surface area contributed by atoms with Crippen LogP contribution in [0.2, 0.25) is 5.02 Å². The van der Waals surface area contributed by atoms with Crippen molar-refractivity contribution < 1.29 is 4.79 Å². The lowest BCUT2D eigenvalue weighted by atomic mass is 10.0. The van der Waals surface area contributed by atoms with Gasteiger partial charge in [0.25, 0.3) is 0 Å². The van der Waals surface area contributed by atoms with Crippen molar-refractivity contribution in [3.8, 4) is 0 Å². The van der Waals surface area contributed by atoms with Crippen molar-refractivity contribution >= 4 is 17.5 Å². The lowest BCUT2D eigenvalue weighted by molar-refractivity contribution is -0.135. The highest BCUT2D eigenvalue weighted by Crippen LogP contribution is 2.23. The molecule has 1 aromatic rings. The third-order valence-electron chi connectivity index (χ3n) is 4.53. The van der Waals surface area contributed by atoms with Gasteiger partial charge in [-0.15, -0.1) is 0 Å². The number of nitrogens with zero attached hydrogens (tertiary/aromatic N) is 2. The molecule has 1 heterocycles. The van der Waals surface area contributed by atoms with Crippen LogP contribution in [-0.2, 0) is 4.79 Å². The molecule has 0 bridgehead atoms. The minimum Gasteiger partial charge on any atom is -0.339 e. The van der Waals surface area contributed by atoms with E-state index in [0.717, 1.165) is 31.2 Å². The van der Waals surface area contributed by atoms with E-state index in [0.29, 0.717) is 6.04 Å². The van der Waals surface area contributed by atoms with E-state index in [1.807, 2.05) is 30.9 Å². The molecule has 0 spiro atoms. The van der Waals surface area contributed by atoms with E-state index in [1.165, 1.54) is 5.56 Å². The summed E-state index contributed by atoms with van der Waals surface area (Å²) < 4.78 is 0. The van der Waals surface area contributed by atoms with Gasteiger partial charge in [0.2, 0.25) is 5.91 Å². The smallest absolute Gasteiger partial charge is 0.239 e. The number of halogens is 1. The Morgan fingerprint density at radius 1 is 1.09 bits per heavy atom. The quantitative estimate of drug-likeness (QED) is 0.926. The molecule has 1 unspecified atom stereocenters. The summed E-state index contributed by atoms with van der Waals surface area (Å²) in [4.78, 5) is 16.6. The van der Waals surface area contributed by atoms with Gasteiger partial charge in [-0.2, -0.15) is 0 Å². The van der Waals surface area contributed by atoms with Crippen LogP contribution in [-0.4, -0.2) is 47.9 Å². The first kappa shape index (κ1) is 17.3. The summed E-state index contributed by atoms with van der Waals surface area (Å²) in [5.41, 5.74) is 7.23. The zero-order valence-electron chi connectivity index (χ0n) is 13.6. The second-order valence-corrected chi connectivity index (χ2v) is 6.80. The molecule has 1 saturated heterocycles. The predicted octanol–water partition coefficient (Wildman–Crippen LogP) is 2.53. The molecule has 1 aliphatic rings. The van der Waals surface area contributed by atoms with Gasteiger partial charge in [0.05, 0.1) is 6.04 Å². The summed E-state index contributed by atoms with van der Waals surface area (Å²) in [6.07, 6.45) is 0. The SMILES string of the molecule is CC(C)[C@H](N)C(=O)N1CCN(C(C)c2ccc(Cl)cc2)CC1. The molecule has 1 fully saturated rings. The summed E-state index contributed by atoms with van der Waals surface area (Å²) in [5, 5.41) is 0.758. The molecule has 122 valence electrons. The van der Waals surface area contributed by atoms with Crippen LogP contribution in [0.4, 0.5) is 0 Å². The second kappa shape index (κ2) is 7.44. The molecule has 5 heteroatoms. The van der Waals surface area contributed by atoms with Crippen LogP contribution >= 0.6 is 11.6 Å². The Morgan fingerprint density at radius 2 is 1.64 bits per heavy atom. The first-order chi connectivity index (χ1) is 10.4. The second-order valence-electron chi connectivity index (χ2n) is 6.36. The van der Waals surface area contributed by atoms with E-state index in [-0.39, 0.29) is 17.9 Å². The Balaban J connectivity index is 1.91. The van der Waals surface area contributed by atoms with Crippen LogP contribution in [0.5, 0.6) is 0 Å². The van der Waals surface area contributed by atoms with Gasteiger partial charge in [0.15, 0.2) is 0 Å². The fourth-order valence-electron chi connectivity index (χ4n) is 2.78. The topological polar surface area (TPSA) is 49.6 Å². The molecule has 2 rings (SSSR count). The molecule has 0 aromatic heterocycles. The third kappa shape index (κ3) is 4.00. The number of carbonyl (C=O) groups excluding carboxylic acids is 1. The molecule has 2 atom stereocenters. The maximum Gasteiger partial charge on any atom is 0.239 e. The maximum atomic E-state index is 12.3. The van der Waals surface area contributed by atoms with Gasteiger partial charge in [-0.3, -0.25) is 9.69 Å². The summed E-state index contributed by atoms with van der Waals surface area (Å²) in [6.45, 7) is 9.42. The van der Waals surface area contributed by atoms with Crippen LogP contribution in [0.1, 0.15) is 32.4 Å². The van der Waals surface area contributed by atoms with E-state index in [1.54, 1.807) is 0 Å². The Morgan fingerprint density at radius 3 is 2.14 bits per heavy atom. The normalized spacial score (nSPS) is 19.3. The average molecular weight is 324 g/mol. The van der Waals surface area contributed by atoms with Gasteiger partial charge < -0.3 is 10.6 Å². The zero-order valence-corrected chi connectivity index (χ0v) is 14.4. The molecule has 0 radical (unpaired) electrons. The summed E-state index contributed by atoms with van der Waals surface area (Å²) >= 11 is 5.94. The number of hydrogen-bond acceptors (Lipinski definition) is 3. The van der Waals surface area contributed by atoms with Gasteiger partial charge in [-0.1, -0.05) is 37.6 Å². The number of piperazine rings is 1. The summed E-state index contributed by atoms with van der Waals surface area (Å²) in [5.74, 6) is 0.257. The van der Waals surface area contributed by atoms with Gasteiger partial charge in [-0.25, -0.2) is 0 Å². The largest absolute Gasteiger partial charge is 0.339 e. The average Bonchev–Trinajstić information content (AvgIpc) is 2.53. The zero-order chi connectivity index (χ0) is 16.3. The number of nitrogens with two attached hydrogens (primary N) is 1. The molecule has 4 nitrogen and oxygen atoms in total. The van der Waals surface area contributed by atoms with Crippen molar-refractivity contribution in [2.24, 2.45) is 11.7 Å². The van der Waals surface area contributed by atoms with E-state index in [2.05, 4.69) is 24.0 Å². The van der Waals surface area contributed by atoms with Crippen LogP contribution in [0, 0.1) is 5.92 Å². The van der Waals surface area contributed by atoms with Crippen LogP contribution in [0.25, 0.3) is 0 Å². The highest BCUT2D eigenvalue weighted by Gasteiger charge is 2.28. The molecule has 1 amide bonds. The van der Waals surface area contributed by atoms with Gasteiger partial charge in [-0.05, 0) is 30.5 Å². The lowest BCUT2D eigenvalue weighted by Crippen LogP contribution is -2.54. The molecule has 2 N–H and O–H groups in total. The number of hydrogen-bond donors (Lipinski definition) is 1. The maximum absolute atomic E-state index is 12.3. The van der Waals surface area contributed by atoms with Crippen LogP contribution in [0.3, 0.4) is 0 Å². The third-order valence-corrected chi connectivity index (χ3v) is 4.78. The lowest BCUT2D eigenvalue weighted by Gasteiger charge is -2.39. The molecule has 22 heavy (non-hydrogen) atoms. The van der Waals surface area contributed by atoms with Gasteiger partial charge in [0.1, 0.15) is 0 Å². The fourth-order valence-corrected chi connectivity index (χ4v) is 2.90. The van der Waals surface area contributed by atoms with Crippen molar-refractivity contribution in [3.05, 3.63) is 34.9 Å². The van der Waals surface area contributed by atoms with Gasteiger partial charge >= 0.3 is 0 Å². The number of rotatable bonds is 4. The minimum absolute atomic E-state index is 0.0776. The molecule has 0 saturated carbocycles. The van der Waals surface area contributed by atoms with E-state index in [4.69, 9.17) is 17.3 Å². The Hall–Kier alpha value is -1.10. The predicted molar refractivity (Wildman–Crippen MR) is 90.8 cm³/mol. The highest BCUT2D eigenvalue weighted by atomic mass is 35.5. The van der Waals surface area contributed by atoms with Crippen molar-refractivity contribution in [1.82, 2.24) is 9.80 Å². The number of carbonyl (C=O) groups is 1. The minimum atomic E-state index is -0.389. The van der Waals surface area contributed by atoms with E-state index in [9.17, 15) is 4.79 Å².